The molecule has 2 aliphatic rings. The first-order chi connectivity index (χ1) is 12.7. The summed E-state index contributed by atoms with van der Waals surface area (Å²) < 4.78 is 0. The van der Waals surface area contributed by atoms with Gasteiger partial charge in [0, 0.05) is 36.8 Å². The van der Waals surface area contributed by atoms with Crippen LogP contribution in [-0.4, -0.2) is 48.4 Å². The molecule has 0 saturated carbocycles. The van der Waals surface area contributed by atoms with E-state index in [1.807, 2.05) is 31.7 Å². The third kappa shape index (κ3) is 4.58. The Hall–Kier alpha value is -1.30. The molecule has 3 rings (SSSR count). The molecule has 2 amide bonds. The average Bonchev–Trinajstić information content (AvgIpc) is 2.97. The van der Waals surface area contributed by atoms with Crippen LogP contribution in [-0.2, 0) is 9.59 Å². The summed E-state index contributed by atoms with van der Waals surface area (Å²) in [5.41, 5.74) is 0.437. The number of anilines is 1. The molecule has 1 N–H and O–H groups in total. The molecule has 1 aromatic rings. The van der Waals surface area contributed by atoms with Gasteiger partial charge in [0.2, 0.25) is 11.8 Å². The van der Waals surface area contributed by atoms with Crippen molar-refractivity contribution in [1.29, 1.82) is 0 Å². The Balaban J connectivity index is 1.55. The Bertz CT molecular complexity index is 724. The zero-order valence-corrected chi connectivity index (χ0v) is 17.6. The van der Waals surface area contributed by atoms with E-state index in [0.29, 0.717) is 16.6 Å². The van der Waals surface area contributed by atoms with E-state index in [-0.39, 0.29) is 29.3 Å². The number of rotatable bonds is 3. The number of hydrogen-bond acceptors (Lipinski definition) is 3. The molecular weight excluding hydrogens is 385 g/mol. The number of hydrogen-bond donors (Lipinski definition) is 1. The largest absolute Gasteiger partial charge is 0.342 e. The smallest absolute Gasteiger partial charge is 0.244 e. The lowest BCUT2D eigenvalue weighted by Crippen LogP contribution is -2.51. The standard InChI is InChI=1S/C20H27Cl2N3O2/c1-20(2,3)19(27)24-9-6-13(7-10-24)23-17-8-11-25(18(17)26)14-4-5-15(21)16(22)12-14/h4-5,12-13,17,23H,6-11H2,1-3H3/t17-/m1/s1. The van der Waals surface area contributed by atoms with E-state index in [2.05, 4.69) is 5.32 Å². The zero-order valence-electron chi connectivity index (χ0n) is 16.1. The maximum absolute atomic E-state index is 12.8. The molecular formula is C20H27Cl2N3O2. The quantitative estimate of drug-likeness (QED) is 0.823. The monoisotopic (exact) mass is 411 g/mol. The summed E-state index contributed by atoms with van der Waals surface area (Å²) in [5, 5.41) is 4.44. The number of amides is 2. The molecule has 0 aliphatic carbocycles. The van der Waals surface area contributed by atoms with Crippen LogP contribution in [0.25, 0.3) is 0 Å². The van der Waals surface area contributed by atoms with Crippen LogP contribution in [0.3, 0.4) is 0 Å². The van der Waals surface area contributed by atoms with E-state index in [9.17, 15) is 9.59 Å². The van der Waals surface area contributed by atoms with Crippen molar-refractivity contribution in [2.45, 2.75) is 52.1 Å². The summed E-state index contributed by atoms with van der Waals surface area (Å²) in [4.78, 5) is 28.9. The highest BCUT2D eigenvalue weighted by molar-refractivity contribution is 6.42. The minimum atomic E-state index is -0.345. The van der Waals surface area contributed by atoms with Crippen molar-refractivity contribution in [3.05, 3.63) is 28.2 Å². The molecule has 0 aromatic heterocycles. The number of piperidine rings is 1. The van der Waals surface area contributed by atoms with Crippen molar-refractivity contribution in [3.8, 4) is 0 Å². The fraction of sp³-hybridized carbons (Fsp3) is 0.600. The van der Waals surface area contributed by atoms with Crippen molar-refractivity contribution in [2.24, 2.45) is 5.41 Å². The molecule has 1 aromatic carbocycles. The molecule has 0 unspecified atom stereocenters. The molecule has 2 heterocycles. The van der Waals surface area contributed by atoms with Gasteiger partial charge < -0.3 is 15.1 Å². The second-order valence-electron chi connectivity index (χ2n) is 8.41. The van der Waals surface area contributed by atoms with Crippen LogP contribution in [0.2, 0.25) is 10.0 Å². The van der Waals surface area contributed by atoms with Gasteiger partial charge in [-0.25, -0.2) is 0 Å². The first-order valence-electron chi connectivity index (χ1n) is 9.48. The van der Waals surface area contributed by atoms with Gasteiger partial charge in [-0.15, -0.1) is 0 Å². The SMILES string of the molecule is CC(C)(C)C(=O)N1CCC(N[C@@H]2CCN(c3ccc(Cl)c(Cl)c3)C2=O)CC1. The molecule has 5 nitrogen and oxygen atoms in total. The van der Waals surface area contributed by atoms with E-state index < -0.39 is 0 Å². The van der Waals surface area contributed by atoms with Gasteiger partial charge in [-0.2, -0.15) is 0 Å². The summed E-state index contributed by atoms with van der Waals surface area (Å²) in [6, 6.07) is 5.35. The summed E-state index contributed by atoms with van der Waals surface area (Å²) in [5.74, 6) is 0.269. The summed E-state index contributed by atoms with van der Waals surface area (Å²) >= 11 is 12.1. The van der Waals surface area contributed by atoms with Gasteiger partial charge in [0.05, 0.1) is 16.1 Å². The molecule has 2 aliphatic heterocycles. The van der Waals surface area contributed by atoms with Gasteiger partial charge in [0.1, 0.15) is 0 Å². The number of carbonyl (C=O) groups excluding carboxylic acids is 2. The van der Waals surface area contributed by atoms with Gasteiger partial charge in [0.25, 0.3) is 0 Å². The Morgan fingerprint density at radius 1 is 1.07 bits per heavy atom. The number of nitrogens with zero attached hydrogens (tertiary/aromatic N) is 2. The number of benzene rings is 1. The molecule has 0 bridgehead atoms. The topological polar surface area (TPSA) is 52.7 Å². The summed E-state index contributed by atoms with van der Waals surface area (Å²) in [6.07, 6.45) is 2.51. The molecule has 27 heavy (non-hydrogen) atoms. The maximum atomic E-state index is 12.8. The highest BCUT2D eigenvalue weighted by Gasteiger charge is 2.36. The molecule has 0 spiro atoms. The van der Waals surface area contributed by atoms with Crippen molar-refractivity contribution in [1.82, 2.24) is 10.2 Å². The van der Waals surface area contributed by atoms with E-state index in [1.165, 1.54) is 0 Å². The molecule has 0 radical (unpaired) electrons. The van der Waals surface area contributed by atoms with Crippen LogP contribution < -0.4 is 10.2 Å². The van der Waals surface area contributed by atoms with E-state index in [4.69, 9.17) is 23.2 Å². The van der Waals surface area contributed by atoms with Crippen molar-refractivity contribution < 1.29 is 9.59 Å². The fourth-order valence-corrected chi connectivity index (χ4v) is 4.04. The minimum Gasteiger partial charge on any atom is -0.342 e. The fourth-order valence-electron chi connectivity index (χ4n) is 3.75. The van der Waals surface area contributed by atoms with Gasteiger partial charge in [-0.1, -0.05) is 44.0 Å². The lowest BCUT2D eigenvalue weighted by atomic mass is 9.93. The minimum absolute atomic E-state index is 0.0709. The van der Waals surface area contributed by atoms with Crippen LogP contribution in [0.15, 0.2) is 18.2 Å². The molecule has 148 valence electrons. The van der Waals surface area contributed by atoms with Crippen molar-refractivity contribution in [3.63, 3.8) is 0 Å². The van der Waals surface area contributed by atoms with Gasteiger partial charge in [-0.05, 0) is 37.5 Å². The summed E-state index contributed by atoms with van der Waals surface area (Å²) in [6.45, 7) is 8.00. The molecule has 2 fully saturated rings. The predicted molar refractivity (Wildman–Crippen MR) is 109 cm³/mol. The first-order valence-corrected chi connectivity index (χ1v) is 10.2. The second-order valence-corrected chi connectivity index (χ2v) is 9.23. The van der Waals surface area contributed by atoms with E-state index >= 15 is 0 Å². The Morgan fingerprint density at radius 2 is 1.74 bits per heavy atom. The van der Waals surface area contributed by atoms with Crippen molar-refractivity contribution in [2.75, 3.05) is 24.5 Å². The van der Waals surface area contributed by atoms with Gasteiger partial charge in [-0.3, -0.25) is 9.59 Å². The maximum Gasteiger partial charge on any atom is 0.244 e. The molecule has 1 atom stereocenters. The Morgan fingerprint density at radius 3 is 2.33 bits per heavy atom. The highest BCUT2D eigenvalue weighted by atomic mass is 35.5. The van der Waals surface area contributed by atoms with Crippen LogP contribution in [0, 0.1) is 5.41 Å². The predicted octanol–water partition coefficient (Wildman–Crippen LogP) is 3.73. The van der Waals surface area contributed by atoms with Crippen molar-refractivity contribution >= 4 is 40.7 Å². The normalized spacial score (nSPS) is 21.8. The number of likely N-dealkylation sites (tertiary alicyclic amines) is 1. The number of carbonyl (C=O) groups is 2. The lowest BCUT2D eigenvalue weighted by molar-refractivity contribution is -0.140. The zero-order chi connectivity index (χ0) is 19.8. The van der Waals surface area contributed by atoms with Crippen LogP contribution in [0.1, 0.15) is 40.0 Å². The van der Waals surface area contributed by atoms with Crippen LogP contribution in [0.5, 0.6) is 0 Å². The third-order valence-electron chi connectivity index (χ3n) is 5.28. The van der Waals surface area contributed by atoms with Gasteiger partial charge in [0.15, 0.2) is 0 Å². The molecule has 2 saturated heterocycles. The number of nitrogens with one attached hydrogen (secondary N) is 1. The average molecular weight is 412 g/mol. The van der Waals surface area contributed by atoms with E-state index in [0.717, 1.165) is 38.0 Å². The first kappa shape index (κ1) is 20.4. The second kappa shape index (κ2) is 7.98. The van der Waals surface area contributed by atoms with Crippen LogP contribution >= 0.6 is 23.2 Å². The Kier molecular flexibility index (Phi) is 6.04. The number of halogens is 2. The van der Waals surface area contributed by atoms with E-state index in [1.54, 1.807) is 17.0 Å². The third-order valence-corrected chi connectivity index (χ3v) is 6.02. The van der Waals surface area contributed by atoms with Gasteiger partial charge >= 0.3 is 0 Å². The Labute approximate surface area is 171 Å². The highest BCUT2D eigenvalue weighted by Crippen LogP contribution is 2.30. The molecule has 7 heteroatoms. The van der Waals surface area contributed by atoms with Crippen LogP contribution in [0.4, 0.5) is 5.69 Å². The summed E-state index contributed by atoms with van der Waals surface area (Å²) in [7, 11) is 0. The lowest BCUT2D eigenvalue weighted by Gasteiger charge is -2.36.